The number of rotatable bonds is 2. The Hall–Kier alpha value is -1.31. The van der Waals surface area contributed by atoms with Gasteiger partial charge in [0.05, 0.1) is 6.21 Å². The maximum atomic E-state index is 5.24. The van der Waals surface area contributed by atoms with Gasteiger partial charge in [-0.15, -0.1) is 0 Å². The molecule has 0 N–H and O–H groups in total. The first-order chi connectivity index (χ1) is 6.47. The number of hydrogen-bond donors (Lipinski definition) is 0. The molecule has 0 saturated heterocycles. The van der Waals surface area contributed by atoms with E-state index in [1.165, 1.54) is 5.56 Å². The first kappa shape index (κ1) is 10.8. The maximum Gasteiger partial charge on any atom is 0.129 e. The van der Waals surface area contributed by atoms with E-state index >= 15 is 0 Å². The summed E-state index contributed by atoms with van der Waals surface area (Å²) in [5.41, 5.74) is 2.07. The van der Waals surface area contributed by atoms with E-state index in [4.69, 9.17) is 4.84 Å². The molecule has 1 rings (SSSR count). The smallest absolute Gasteiger partial charge is 0.129 e. The molecule has 0 saturated carbocycles. The molecule has 1 aromatic rings. The summed E-state index contributed by atoms with van der Waals surface area (Å²) < 4.78 is 0. The summed E-state index contributed by atoms with van der Waals surface area (Å²) >= 11 is 0. The molecular weight excluding hydrogens is 174 g/mol. The summed E-state index contributed by atoms with van der Waals surface area (Å²) in [6.07, 6.45) is 1.73. The number of benzene rings is 1. The highest BCUT2D eigenvalue weighted by Gasteiger charge is 2.08. The summed E-state index contributed by atoms with van der Waals surface area (Å²) in [6, 6.07) is 8.13. The van der Waals surface area contributed by atoms with E-state index in [2.05, 4.69) is 24.2 Å². The standard InChI is InChI=1S/C12H17NO/c1-10-6-5-7-11(8-10)9-13-14-12(2,3)4/h5-9H,1-4H3. The molecule has 0 spiro atoms. The van der Waals surface area contributed by atoms with Crippen LogP contribution in [0.25, 0.3) is 0 Å². The normalized spacial score (nSPS) is 12.0. The van der Waals surface area contributed by atoms with Crippen molar-refractivity contribution in [1.82, 2.24) is 0 Å². The summed E-state index contributed by atoms with van der Waals surface area (Å²) in [5, 5.41) is 3.93. The molecule has 0 atom stereocenters. The van der Waals surface area contributed by atoms with E-state index in [1.807, 2.05) is 32.9 Å². The van der Waals surface area contributed by atoms with Gasteiger partial charge >= 0.3 is 0 Å². The van der Waals surface area contributed by atoms with Gasteiger partial charge in [0.2, 0.25) is 0 Å². The van der Waals surface area contributed by atoms with Crippen molar-refractivity contribution in [3.05, 3.63) is 35.4 Å². The Labute approximate surface area is 85.6 Å². The van der Waals surface area contributed by atoms with Crippen molar-refractivity contribution in [2.24, 2.45) is 5.16 Å². The van der Waals surface area contributed by atoms with Gasteiger partial charge in [0.1, 0.15) is 5.60 Å². The Morgan fingerprint density at radius 2 is 2.00 bits per heavy atom. The minimum Gasteiger partial charge on any atom is -0.390 e. The fourth-order valence-corrected chi connectivity index (χ4v) is 0.996. The van der Waals surface area contributed by atoms with Gasteiger partial charge in [-0.1, -0.05) is 35.0 Å². The van der Waals surface area contributed by atoms with Crippen LogP contribution in [0.15, 0.2) is 29.4 Å². The van der Waals surface area contributed by atoms with E-state index < -0.39 is 0 Å². The van der Waals surface area contributed by atoms with Gasteiger partial charge in [0, 0.05) is 0 Å². The summed E-state index contributed by atoms with van der Waals surface area (Å²) in [5.74, 6) is 0. The van der Waals surface area contributed by atoms with Crippen molar-refractivity contribution < 1.29 is 4.84 Å². The highest BCUT2D eigenvalue weighted by Crippen LogP contribution is 2.07. The largest absolute Gasteiger partial charge is 0.390 e. The predicted molar refractivity (Wildman–Crippen MR) is 59.6 cm³/mol. The number of oxime groups is 1. The molecule has 0 aliphatic carbocycles. The minimum absolute atomic E-state index is 0.222. The van der Waals surface area contributed by atoms with Gasteiger partial charge in [0.25, 0.3) is 0 Å². The number of hydrogen-bond acceptors (Lipinski definition) is 2. The molecule has 0 aromatic heterocycles. The molecule has 0 heterocycles. The average molecular weight is 191 g/mol. The van der Waals surface area contributed by atoms with Gasteiger partial charge in [-0.05, 0) is 33.3 Å². The van der Waals surface area contributed by atoms with Crippen molar-refractivity contribution in [2.75, 3.05) is 0 Å². The van der Waals surface area contributed by atoms with Crippen LogP contribution in [0.1, 0.15) is 31.9 Å². The van der Waals surface area contributed by atoms with E-state index in [1.54, 1.807) is 6.21 Å². The average Bonchev–Trinajstić information content (AvgIpc) is 2.01. The fourth-order valence-electron chi connectivity index (χ4n) is 0.996. The zero-order valence-electron chi connectivity index (χ0n) is 9.24. The molecule has 0 radical (unpaired) electrons. The number of aryl methyl sites for hydroxylation is 1. The lowest BCUT2D eigenvalue weighted by molar-refractivity contribution is 0.00199. The number of nitrogens with zero attached hydrogens (tertiary/aromatic N) is 1. The third kappa shape index (κ3) is 4.08. The van der Waals surface area contributed by atoms with Gasteiger partial charge in [0.15, 0.2) is 0 Å². The third-order valence-corrected chi connectivity index (χ3v) is 1.57. The van der Waals surface area contributed by atoms with Crippen LogP contribution in [-0.2, 0) is 4.84 Å². The lowest BCUT2D eigenvalue weighted by Gasteiger charge is -2.14. The third-order valence-electron chi connectivity index (χ3n) is 1.57. The van der Waals surface area contributed by atoms with E-state index in [9.17, 15) is 0 Å². The maximum absolute atomic E-state index is 5.24. The minimum atomic E-state index is -0.222. The quantitative estimate of drug-likeness (QED) is 0.520. The van der Waals surface area contributed by atoms with Gasteiger partial charge < -0.3 is 4.84 Å². The van der Waals surface area contributed by atoms with E-state index in [0.29, 0.717) is 0 Å². The molecule has 0 aliphatic heterocycles. The molecule has 0 fully saturated rings. The SMILES string of the molecule is Cc1cccc(C=NOC(C)(C)C)c1. The molecule has 0 bridgehead atoms. The lowest BCUT2D eigenvalue weighted by Crippen LogP contribution is -2.15. The monoisotopic (exact) mass is 191 g/mol. The molecule has 2 nitrogen and oxygen atoms in total. The molecule has 14 heavy (non-hydrogen) atoms. The van der Waals surface area contributed by atoms with Crippen LogP contribution in [0.2, 0.25) is 0 Å². The highest BCUT2D eigenvalue weighted by atomic mass is 16.6. The van der Waals surface area contributed by atoms with Gasteiger partial charge in [-0.3, -0.25) is 0 Å². The highest BCUT2D eigenvalue weighted by molar-refractivity contribution is 5.79. The Kier molecular flexibility index (Phi) is 3.28. The van der Waals surface area contributed by atoms with Crippen molar-refractivity contribution in [1.29, 1.82) is 0 Å². The van der Waals surface area contributed by atoms with Gasteiger partial charge in [-0.2, -0.15) is 0 Å². The van der Waals surface area contributed by atoms with Crippen molar-refractivity contribution >= 4 is 6.21 Å². The zero-order chi connectivity index (χ0) is 10.6. The summed E-state index contributed by atoms with van der Waals surface area (Å²) in [4.78, 5) is 5.24. The van der Waals surface area contributed by atoms with Crippen molar-refractivity contribution in [2.45, 2.75) is 33.3 Å². The Bertz CT molecular complexity index is 323. The first-order valence-corrected chi connectivity index (χ1v) is 4.75. The van der Waals surface area contributed by atoms with E-state index in [-0.39, 0.29) is 5.60 Å². The Balaban J connectivity index is 2.61. The van der Waals surface area contributed by atoms with Crippen molar-refractivity contribution in [3.63, 3.8) is 0 Å². The van der Waals surface area contributed by atoms with Gasteiger partial charge in [-0.25, -0.2) is 0 Å². The molecule has 76 valence electrons. The van der Waals surface area contributed by atoms with Crippen LogP contribution in [0.5, 0.6) is 0 Å². The Morgan fingerprint density at radius 1 is 1.29 bits per heavy atom. The van der Waals surface area contributed by atoms with Crippen LogP contribution in [0.4, 0.5) is 0 Å². The first-order valence-electron chi connectivity index (χ1n) is 4.75. The predicted octanol–water partition coefficient (Wildman–Crippen LogP) is 3.14. The van der Waals surface area contributed by atoms with E-state index in [0.717, 1.165) is 5.56 Å². The summed E-state index contributed by atoms with van der Waals surface area (Å²) in [6.45, 7) is 7.98. The molecule has 2 heteroatoms. The molecular formula is C12H17NO. The van der Waals surface area contributed by atoms with Crippen LogP contribution in [-0.4, -0.2) is 11.8 Å². The second-order valence-corrected chi connectivity index (χ2v) is 4.35. The fraction of sp³-hybridized carbons (Fsp3) is 0.417. The van der Waals surface area contributed by atoms with Crippen LogP contribution < -0.4 is 0 Å². The van der Waals surface area contributed by atoms with Crippen molar-refractivity contribution in [3.8, 4) is 0 Å². The molecule has 0 unspecified atom stereocenters. The lowest BCUT2D eigenvalue weighted by atomic mass is 10.2. The molecule has 0 aliphatic rings. The van der Waals surface area contributed by atoms with Crippen LogP contribution in [0, 0.1) is 6.92 Å². The van der Waals surface area contributed by atoms with Crippen LogP contribution >= 0.6 is 0 Å². The topological polar surface area (TPSA) is 21.6 Å². The summed E-state index contributed by atoms with van der Waals surface area (Å²) in [7, 11) is 0. The van der Waals surface area contributed by atoms with Crippen LogP contribution in [0.3, 0.4) is 0 Å². The molecule has 0 amide bonds. The zero-order valence-corrected chi connectivity index (χ0v) is 9.24. The Morgan fingerprint density at radius 3 is 2.57 bits per heavy atom. The molecule has 1 aromatic carbocycles. The second kappa shape index (κ2) is 4.27. The second-order valence-electron chi connectivity index (χ2n) is 4.35.